The predicted octanol–water partition coefficient (Wildman–Crippen LogP) is 5.97. The fraction of sp³-hybridized carbons (Fsp3) is 0.188. The van der Waals surface area contributed by atoms with Gasteiger partial charge in [0.15, 0.2) is 5.82 Å². The van der Waals surface area contributed by atoms with Gasteiger partial charge in [-0.1, -0.05) is 48.5 Å². The van der Waals surface area contributed by atoms with Crippen molar-refractivity contribution < 1.29 is 18.9 Å². The van der Waals surface area contributed by atoms with Crippen molar-refractivity contribution in [2.75, 3.05) is 29.6 Å². The molecule has 0 bridgehead atoms. The molecule has 10 heteroatoms. The standard InChI is InChI=1S/C32H33N5O4S/c1-5-28(32(40)35-29-18-21(2)41-36-29)42-26-13-9-12-24(20-26)33-31(39)27(34-30(38)23-10-7-6-8-11-23)19-22-14-16-25(17-15-22)37(3)4/h6-20,28H,5H2,1-4H3,(H,33,39)(H,34,38)(H,35,36,40)/b27-19+. The summed E-state index contributed by atoms with van der Waals surface area (Å²) in [6.45, 7) is 3.68. The highest BCUT2D eigenvalue weighted by Crippen LogP contribution is 2.29. The van der Waals surface area contributed by atoms with Crippen molar-refractivity contribution in [1.29, 1.82) is 0 Å². The summed E-state index contributed by atoms with van der Waals surface area (Å²) in [6, 6.07) is 25.2. The first-order valence-corrected chi connectivity index (χ1v) is 14.3. The van der Waals surface area contributed by atoms with Gasteiger partial charge < -0.3 is 25.4 Å². The number of aromatic nitrogens is 1. The molecule has 0 aliphatic rings. The highest BCUT2D eigenvalue weighted by atomic mass is 32.2. The summed E-state index contributed by atoms with van der Waals surface area (Å²) in [5.41, 5.74) is 2.81. The third kappa shape index (κ3) is 8.34. The molecule has 3 amide bonds. The van der Waals surface area contributed by atoms with Crippen LogP contribution in [0.4, 0.5) is 17.2 Å². The average Bonchev–Trinajstić information content (AvgIpc) is 3.40. The number of rotatable bonds is 11. The lowest BCUT2D eigenvalue weighted by atomic mass is 10.1. The van der Waals surface area contributed by atoms with Crippen molar-refractivity contribution in [3.8, 4) is 0 Å². The van der Waals surface area contributed by atoms with Crippen LogP contribution in [0.5, 0.6) is 0 Å². The molecule has 4 aromatic rings. The molecule has 3 aromatic carbocycles. The number of hydrogen-bond acceptors (Lipinski definition) is 7. The van der Waals surface area contributed by atoms with Gasteiger partial charge in [-0.25, -0.2) is 0 Å². The first-order valence-electron chi connectivity index (χ1n) is 13.4. The monoisotopic (exact) mass is 583 g/mol. The van der Waals surface area contributed by atoms with Gasteiger partial charge in [-0.15, -0.1) is 11.8 Å². The summed E-state index contributed by atoms with van der Waals surface area (Å²) in [5.74, 6) is -0.104. The minimum absolute atomic E-state index is 0.0910. The predicted molar refractivity (Wildman–Crippen MR) is 168 cm³/mol. The average molecular weight is 584 g/mol. The Morgan fingerprint density at radius 2 is 1.69 bits per heavy atom. The van der Waals surface area contributed by atoms with Crippen LogP contribution in [-0.2, 0) is 9.59 Å². The van der Waals surface area contributed by atoms with Crippen LogP contribution in [-0.4, -0.2) is 42.2 Å². The second kappa shape index (κ2) is 14.2. The SMILES string of the molecule is CCC(Sc1cccc(NC(=O)/C(=C\c2ccc(N(C)C)cc2)NC(=O)c2ccccc2)c1)C(=O)Nc1cc(C)on1. The normalized spacial score (nSPS) is 11.9. The molecule has 3 N–H and O–H groups in total. The van der Waals surface area contributed by atoms with Crippen molar-refractivity contribution in [3.63, 3.8) is 0 Å². The number of amides is 3. The van der Waals surface area contributed by atoms with Gasteiger partial charge in [0.1, 0.15) is 11.5 Å². The molecule has 42 heavy (non-hydrogen) atoms. The number of carbonyl (C=O) groups is 3. The lowest BCUT2D eigenvalue weighted by Crippen LogP contribution is -2.30. The van der Waals surface area contributed by atoms with Crippen LogP contribution in [0, 0.1) is 6.92 Å². The molecule has 1 aromatic heterocycles. The van der Waals surface area contributed by atoms with Gasteiger partial charge in [0, 0.05) is 42.0 Å². The summed E-state index contributed by atoms with van der Waals surface area (Å²) in [5, 5.41) is 11.9. The van der Waals surface area contributed by atoms with Crippen LogP contribution in [0.15, 0.2) is 100 Å². The number of thioether (sulfide) groups is 1. The van der Waals surface area contributed by atoms with Gasteiger partial charge in [-0.05, 0) is 67.4 Å². The van der Waals surface area contributed by atoms with E-state index in [1.807, 2.05) is 62.3 Å². The zero-order valence-corrected chi connectivity index (χ0v) is 24.7. The summed E-state index contributed by atoms with van der Waals surface area (Å²) >= 11 is 1.38. The van der Waals surface area contributed by atoms with Gasteiger partial charge in [-0.3, -0.25) is 14.4 Å². The van der Waals surface area contributed by atoms with Gasteiger partial charge in [0.2, 0.25) is 5.91 Å². The lowest BCUT2D eigenvalue weighted by Gasteiger charge is -2.15. The zero-order chi connectivity index (χ0) is 30.1. The maximum absolute atomic E-state index is 13.5. The van der Waals surface area contributed by atoms with E-state index in [0.29, 0.717) is 29.2 Å². The van der Waals surface area contributed by atoms with Crippen LogP contribution in [0.25, 0.3) is 6.08 Å². The molecule has 1 heterocycles. The molecule has 0 aliphatic carbocycles. The van der Waals surface area contributed by atoms with E-state index < -0.39 is 17.1 Å². The van der Waals surface area contributed by atoms with Crippen LogP contribution in [0.3, 0.4) is 0 Å². The van der Waals surface area contributed by atoms with Gasteiger partial charge in [0.05, 0.1) is 5.25 Å². The Bertz CT molecular complexity index is 1570. The molecule has 0 saturated carbocycles. The molecule has 1 atom stereocenters. The topological polar surface area (TPSA) is 117 Å². The van der Waals surface area contributed by atoms with Gasteiger partial charge in [0.25, 0.3) is 11.8 Å². The molecular formula is C32H33N5O4S. The Balaban J connectivity index is 1.51. The summed E-state index contributed by atoms with van der Waals surface area (Å²) < 4.78 is 5.03. The Kier molecular flexibility index (Phi) is 10.2. The van der Waals surface area contributed by atoms with E-state index in [1.165, 1.54) is 11.8 Å². The maximum Gasteiger partial charge on any atom is 0.272 e. The number of hydrogen-bond donors (Lipinski definition) is 3. The van der Waals surface area contributed by atoms with Crippen LogP contribution in [0.1, 0.15) is 35.0 Å². The highest BCUT2D eigenvalue weighted by molar-refractivity contribution is 8.00. The van der Waals surface area contributed by atoms with E-state index in [4.69, 9.17) is 4.52 Å². The van der Waals surface area contributed by atoms with Crippen LogP contribution in [0.2, 0.25) is 0 Å². The Hall–Kier alpha value is -4.83. The van der Waals surface area contributed by atoms with Crippen LogP contribution >= 0.6 is 11.8 Å². The molecule has 216 valence electrons. The van der Waals surface area contributed by atoms with E-state index in [1.54, 1.807) is 61.5 Å². The lowest BCUT2D eigenvalue weighted by molar-refractivity contribution is -0.116. The fourth-order valence-electron chi connectivity index (χ4n) is 3.94. The van der Waals surface area contributed by atoms with E-state index in [9.17, 15) is 14.4 Å². The summed E-state index contributed by atoms with van der Waals surface area (Å²) in [4.78, 5) is 42.0. The molecule has 9 nitrogen and oxygen atoms in total. The smallest absolute Gasteiger partial charge is 0.272 e. The number of anilines is 3. The highest BCUT2D eigenvalue weighted by Gasteiger charge is 2.20. The Labute approximate surface area is 249 Å². The van der Waals surface area contributed by atoms with E-state index >= 15 is 0 Å². The number of nitrogens with zero attached hydrogens (tertiary/aromatic N) is 2. The van der Waals surface area contributed by atoms with E-state index in [-0.39, 0.29) is 11.6 Å². The third-order valence-corrected chi connectivity index (χ3v) is 7.52. The molecule has 0 spiro atoms. The molecular weight excluding hydrogens is 550 g/mol. The molecule has 4 rings (SSSR count). The molecule has 0 radical (unpaired) electrons. The van der Waals surface area contributed by atoms with E-state index in [2.05, 4.69) is 21.1 Å². The third-order valence-electron chi connectivity index (χ3n) is 6.16. The van der Waals surface area contributed by atoms with Gasteiger partial charge >= 0.3 is 0 Å². The zero-order valence-electron chi connectivity index (χ0n) is 23.9. The molecule has 1 unspecified atom stereocenters. The van der Waals surface area contributed by atoms with E-state index in [0.717, 1.165) is 16.1 Å². The number of nitrogens with one attached hydrogen (secondary N) is 3. The minimum atomic E-state index is -0.482. The number of carbonyl (C=O) groups excluding carboxylic acids is 3. The van der Waals surface area contributed by atoms with Crippen molar-refractivity contribution in [3.05, 3.63) is 108 Å². The fourth-order valence-corrected chi connectivity index (χ4v) is 4.96. The van der Waals surface area contributed by atoms with Gasteiger partial charge in [-0.2, -0.15) is 0 Å². The van der Waals surface area contributed by atoms with Crippen LogP contribution < -0.4 is 20.9 Å². The number of aryl methyl sites for hydroxylation is 1. The number of benzene rings is 3. The van der Waals surface area contributed by atoms with Crippen molar-refractivity contribution in [2.45, 2.75) is 30.4 Å². The Morgan fingerprint density at radius 1 is 0.952 bits per heavy atom. The van der Waals surface area contributed by atoms with Crippen molar-refractivity contribution >= 4 is 52.8 Å². The largest absolute Gasteiger partial charge is 0.378 e. The Morgan fingerprint density at radius 3 is 2.33 bits per heavy atom. The first kappa shape index (κ1) is 30.1. The quantitative estimate of drug-likeness (QED) is 0.147. The second-order valence-corrected chi connectivity index (χ2v) is 10.9. The first-order chi connectivity index (χ1) is 20.2. The maximum atomic E-state index is 13.5. The van der Waals surface area contributed by atoms with Crippen molar-refractivity contribution in [1.82, 2.24) is 10.5 Å². The molecule has 0 fully saturated rings. The minimum Gasteiger partial charge on any atom is -0.378 e. The molecule has 0 aliphatic heterocycles. The van der Waals surface area contributed by atoms with Crippen molar-refractivity contribution in [2.24, 2.45) is 0 Å². The summed E-state index contributed by atoms with van der Waals surface area (Å²) in [6.07, 6.45) is 2.21. The molecule has 0 saturated heterocycles. The summed E-state index contributed by atoms with van der Waals surface area (Å²) in [7, 11) is 3.89. The second-order valence-electron chi connectivity index (χ2n) is 9.67.